The van der Waals surface area contributed by atoms with Crippen LogP contribution in [0.3, 0.4) is 0 Å². The highest BCUT2D eigenvalue weighted by Crippen LogP contribution is 2.12. The fourth-order valence-corrected chi connectivity index (χ4v) is 4.29. The molecule has 222 valence electrons. The van der Waals surface area contributed by atoms with Crippen molar-refractivity contribution >= 4 is 23.7 Å². The fraction of sp³-hybridized carbons (Fsp3) is 0.290. The Labute approximate surface area is 243 Å². The lowest BCUT2D eigenvalue weighted by atomic mass is 10.0. The Morgan fingerprint density at radius 3 is 1.67 bits per heavy atom. The Kier molecular flexibility index (Phi) is 11.6. The van der Waals surface area contributed by atoms with Crippen molar-refractivity contribution in [1.29, 1.82) is 0 Å². The predicted molar refractivity (Wildman–Crippen MR) is 155 cm³/mol. The van der Waals surface area contributed by atoms with Gasteiger partial charge in [-0.3, -0.25) is 14.4 Å². The maximum Gasteiger partial charge on any atom is 0.326 e. The average molecular weight is 577 g/mol. The molecule has 3 aromatic rings. The fourth-order valence-electron chi connectivity index (χ4n) is 4.29. The van der Waals surface area contributed by atoms with Crippen molar-refractivity contribution in [2.75, 3.05) is 0 Å². The van der Waals surface area contributed by atoms with Crippen molar-refractivity contribution < 1.29 is 34.5 Å². The molecule has 0 aliphatic carbocycles. The van der Waals surface area contributed by atoms with E-state index in [1.165, 1.54) is 31.2 Å². The van der Waals surface area contributed by atoms with Gasteiger partial charge in [-0.25, -0.2) is 4.79 Å². The van der Waals surface area contributed by atoms with Gasteiger partial charge in [0, 0.05) is 12.8 Å². The van der Waals surface area contributed by atoms with Gasteiger partial charge in [0.2, 0.25) is 17.7 Å². The molecule has 11 nitrogen and oxygen atoms in total. The Bertz CT molecular complexity index is 1330. The number of hydrogen-bond donors (Lipinski definition) is 7. The third-order valence-electron chi connectivity index (χ3n) is 6.60. The SMILES string of the molecule is CC(O)C(NC(=O)C(Cc1ccccc1)NC(=O)C(N)Cc1ccccc1)C(=O)NC(Cc1ccc(O)cc1)C(=O)O. The first-order valence-electron chi connectivity index (χ1n) is 13.5. The monoisotopic (exact) mass is 576 g/mol. The van der Waals surface area contributed by atoms with Crippen LogP contribution in [0.15, 0.2) is 84.9 Å². The van der Waals surface area contributed by atoms with E-state index in [0.29, 0.717) is 5.56 Å². The number of aliphatic carboxylic acids is 1. The van der Waals surface area contributed by atoms with Gasteiger partial charge >= 0.3 is 5.97 Å². The van der Waals surface area contributed by atoms with E-state index in [4.69, 9.17) is 5.73 Å². The van der Waals surface area contributed by atoms with Gasteiger partial charge in [-0.2, -0.15) is 0 Å². The number of carbonyl (C=O) groups is 4. The van der Waals surface area contributed by atoms with E-state index in [2.05, 4.69) is 16.0 Å². The van der Waals surface area contributed by atoms with Crippen LogP contribution in [-0.4, -0.2) is 69.3 Å². The van der Waals surface area contributed by atoms with E-state index in [-0.39, 0.29) is 25.0 Å². The minimum atomic E-state index is -1.52. The Morgan fingerprint density at radius 1 is 0.667 bits per heavy atom. The summed E-state index contributed by atoms with van der Waals surface area (Å²) >= 11 is 0. The summed E-state index contributed by atoms with van der Waals surface area (Å²) in [5.74, 6) is -3.58. The van der Waals surface area contributed by atoms with Crippen LogP contribution in [0.25, 0.3) is 0 Å². The van der Waals surface area contributed by atoms with Crippen LogP contribution in [0.1, 0.15) is 23.6 Å². The van der Waals surface area contributed by atoms with Gasteiger partial charge in [0.15, 0.2) is 0 Å². The van der Waals surface area contributed by atoms with Crippen LogP contribution in [0.4, 0.5) is 0 Å². The number of nitrogens with one attached hydrogen (secondary N) is 3. The van der Waals surface area contributed by atoms with E-state index >= 15 is 0 Å². The lowest BCUT2D eigenvalue weighted by Gasteiger charge is -2.26. The molecule has 11 heteroatoms. The van der Waals surface area contributed by atoms with Crippen molar-refractivity contribution in [2.24, 2.45) is 5.73 Å². The number of aliphatic hydroxyl groups excluding tert-OH is 1. The second-order valence-electron chi connectivity index (χ2n) is 10.0. The van der Waals surface area contributed by atoms with Crippen molar-refractivity contribution in [3.63, 3.8) is 0 Å². The summed E-state index contributed by atoms with van der Waals surface area (Å²) in [6, 6.07) is 18.9. The van der Waals surface area contributed by atoms with Gasteiger partial charge in [0.1, 0.15) is 23.9 Å². The van der Waals surface area contributed by atoms with E-state index in [9.17, 15) is 34.5 Å². The summed E-state index contributed by atoms with van der Waals surface area (Å²) in [7, 11) is 0. The van der Waals surface area contributed by atoms with E-state index in [1.54, 1.807) is 30.3 Å². The number of aliphatic hydroxyl groups is 1. The molecular weight excluding hydrogens is 540 g/mol. The molecule has 0 spiro atoms. The van der Waals surface area contributed by atoms with Gasteiger partial charge in [-0.15, -0.1) is 0 Å². The number of carbonyl (C=O) groups excluding carboxylic acids is 3. The van der Waals surface area contributed by atoms with Crippen LogP contribution >= 0.6 is 0 Å². The summed E-state index contributed by atoms with van der Waals surface area (Å²) in [4.78, 5) is 51.4. The molecule has 0 saturated carbocycles. The molecule has 0 aliphatic rings. The highest BCUT2D eigenvalue weighted by molar-refractivity contribution is 5.94. The number of phenols is 1. The minimum Gasteiger partial charge on any atom is -0.508 e. The zero-order chi connectivity index (χ0) is 30.6. The van der Waals surface area contributed by atoms with Crippen molar-refractivity contribution in [1.82, 2.24) is 16.0 Å². The van der Waals surface area contributed by atoms with Crippen LogP contribution in [0.2, 0.25) is 0 Å². The Balaban J connectivity index is 1.73. The summed E-state index contributed by atoms with van der Waals surface area (Å²) < 4.78 is 0. The van der Waals surface area contributed by atoms with Crippen molar-refractivity contribution in [2.45, 2.75) is 56.5 Å². The second-order valence-corrected chi connectivity index (χ2v) is 10.0. The largest absolute Gasteiger partial charge is 0.508 e. The molecule has 0 aliphatic heterocycles. The molecule has 0 heterocycles. The molecule has 0 radical (unpaired) electrons. The molecule has 0 aromatic heterocycles. The number of nitrogens with two attached hydrogens (primary N) is 1. The zero-order valence-electron chi connectivity index (χ0n) is 23.1. The third kappa shape index (κ3) is 9.72. The maximum absolute atomic E-state index is 13.4. The molecule has 8 N–H and O–H groups in total. The topological polar surface area (TPSA) is 191 Å². The van der Waals surface area contributed by atoms with E-state index < -0.39 is 54.0 Å². The first-order chi connectivity index (χ1) is 20.0. The number of carboxylic acid groups (broad SMARTS) is 1. The number of carboxylic acids is 1. The van der Waals surface area contributed by atoms with Gasteiger partial charge in [-0.05, 0) is 42.2 Å². The zero-order valence-corrected chi connectivity index (χ0v) is 23.1. The lowest BCUT2D eigenvalue weighted by molar-refractivity contribution is -0.143. The summed E-state index contributed by atoms with van der Waals surface area (Å²) in [6.07, 6.45) is -1.19. The van der Waals surface area contributed by atoms with Crippen molar-refractivity contribution in [3.8, 4) is 5.75 Å². The highest BCUT2D eigenvalue weighted by atomic mass is 16.4. The number of amides is 3. The molecule has 0 bridgehead atoms. The molecule has 3 amide bonds. The van der Waals surface area contributed by atoms with Crippen LogP contribution < -0.4 is 21.7 Å². The third-order valence-corrected chi connectivity index (χ3v) is 6.60. The summed E-state index contributed by atoms with van der Waals surface area (Å²) in [5.41, 5.74) is 8.24. The van der Waals surface area contributed by atoms with Gasteiger partial charge in [0.05, 0.1) is 12.1 Å². The molecule has 3 aromatic carbocycles. The lowest BCUT2D eigenvalue weighted by Crippen LogP contribution is -2.60. The predicted octanol–water partition coefficient (Wildman–Crippen LogP) is 0.667. The number of benzene rings is 3. The first kappa shape index (κ1) is 31.8. The first-order valence-corrected chi connectivity index (χ1v) is 13.5. The Morgan fingerprint density at radius 2 is 1.14 bits per heavy atom. The van der Waals surface area contributed by atoms with Crippen LogP contribution in [0, 0.1) is 0 Å². The average Bonchev–Trinajstić information content (AvgIpc) is 2.96. The molecule has 42 heavy (non-hydrogen) atoms. The standard InChI is InChI=1S/C31H36N4O7/c1-19(36)27(30(40)34-26(31(41)42)18-22-12-14-23(37)15-13-22)35-29(39)25(17-21-10-6-3-7-11-21)33-28(38)24(32)16-20-8-4-2-5-9-20/h2-15,19,24-27,36-37H,16-18,32H2,1H3,(H,33,38)(H,34,40)(H,35,39)(H,41,42). The van der Waals surface area contributed by atoms with E-state index in [0.717, 1.165) is 11.1 Å². The van der Waals surface area contributed by atoms with Crippen molar-refractivity contribution in [3.05, 3.63) is 102 Å². The number of phenolic OH excluding ortho intramolecular Hbond substituents is 1. The van der Waals surface area contributed by atoms with Gasteiger partial charge in [0.25, 0.3) is 0 Å². The smallest absolute Gasteiger partial charge is 0.326 e. The van der Waals surface area contributed by atoms with Crippen LogP contribution in [-0.2, 0) is 38.4 Å². The highest BCUT2D eigenvalue weighted by Gasteiger charge is 2.33. The number of rotatable bonds is 14. The molecule has 5 atom stereocenters. The van der Waals surface area contributed by atoms with E-state index in [1.807, 2.05) is 30.3 Å². The number of hydrogen-bond acceptors (Lipinski definition) is 7. The summed E-state index contributed by atoms with van der Waals surface area (Å²) in [6.45, 7) is 1.28. The molecular formula is C31H36N4O7. The molecule has 3 rings (SSSR count). The molecule has 5 unspecified atom stereocenters. The summed E-state index contributed by atoms with van der Waals surface area (Å²) in [5, 5.41) is 37.0. The molecule has 0 saturated heterocycles. The number of aromatic hydroxyl groups is 1. The second kappa shape index (κ2) is 15.3. The quantitative estimate of drug-likeness (QED) is 0.146. The van der Waals surface area contributed by atoms with Gasteiger partial charge in [-0.1, -0.05) is 72.8 Å². The Hall–Kier alpha value is -4.74. The minimum absolute atomic E-state index is 0.00436. The van der Waals surface area contributed by atoms with Gasteiger partial charge < -0.3 is 37.0 Å². The van der Waals surface area contributed by atoms with Crippen LogP contribution in [0.5, 0.6) is 5.75 Å². The maximum atomic E-state index is 13.4. The molecule has 0 fully saturated rings. The normalized spacial score (nSPS) is 14.5.